The molecule has 0 amide bonds. The number of hydrogen-bond acceptors (Lipinski definition) is 2. The fourth-order valence-electron chi connectivity index (χ4n) is 0.495. The van der Waals surface area contributed by atoms with Crippen LogP contribution >= 0.6 is 0 Å². The average molecular weight is 157 g/mol. The Bertz CT molecular complexity index is 156. The number of carboxylic acid groups (broad SMARTS) is 1. The molecule has 0 radical (unpaired) electrons. The van der Waals surface area contributed by atoms with Gasteiger partial charge in [-0.05, 0) is 5.41 Å². The van der Waals surface area contributed by atoms with Crippen LogP contribution in [0.2, 0.25) is 0 Å². The fourth-order valence-corrected chi connectivity index (χ4v) is 0.495. The molecule has 3 heteroatoms. The van der Waals surface area contributed by atoms with Crippen molar-refractivity contribution >= 4 is 5.97 Å². The molecule has 0 rings (SSSR count). The van der Waals surface area contributed by atoms with Gasteiger partial charge in [0, 0.05) is 18.8 Å². The first-order chi connectivity index (χ1) is 4.92. The summed E-state index contributed by atoms with van der Waals surface area (Å²) < 4.78 is 0. The zero-order valence-corrected chi connectivity index (χ0v) is 7.22. The lowest BCUT2D eigenvalue weighted by atomic mass is 9.97. The first kappa shape index (κ1) is 10.0. The molecule has 0 aliphatic carbocycles. The fraction of sp³-hybridized carbons (Fsp3) is 0.625. The van der Waals surface area contributed by atoms with Crippen molar-refractivity contribution in [2.75, 3.05) is 6.54 Å². The van der Waals surface area contributed by atoms with Crippen molar-refractivity contribution in [2.24, 2.45) is 5.41 Å². The molecule has 0 unspecified atom stereocenters. The molecule has 0 aliphatic heterocycles. The zero-order chi connectivity index (χ0) is 8.91. The number of carbonyl (C=O) groups is 1. The van der Waals surface area contributed by atoms with Crippen LogP contribution in [0.15, 0.2) is 12.3 Å². The van der Waals surface area contributed by atoms with Gasteiger partial charge in [0.25, 0.3) is 0 Å². The van der Waals surface area contributed by atoms with E-state index in [4.69, 9.17) is 5.11 Å². The van der Waals surface area contributed by atoms with Crippen LogP contribution in [0.5, 0.6) is 0 Å². The second-order valence-electron chi connectivity index (χ2n) is 3.61. The molecule has 0 saturated carbocycles. The van der Waals surface area contributed by atoms with Gasteiger partial charge in [0.15, 0.2) is 0 Å². The lowest BCUT2D eigenvalue weighted by Gasteiger charge is -2.17. The van der Waals surface area contributed by atoms with Gasteiger partial charge < -0.3 is 10.4 Å². The van der Waals surface area contributed by atoms with Crippen molar-refractivity contribution < 1.29 is 9.90 Å². The normalized spacial score (nSPS) is 11.9. The van der Waals surface area contributed by atoms with E-state index in [1.54, 1.807) is 0 Å². The standard InChI is InChI=1S/C8H15NO2/c1-8(2,3)6-9-5-4-7(10)11/h4-5,9H,6H2,1-3H3,(H,10,11)/b5-4+. The molecule has 0 saturated heterocycles. The van der Waals surface area contributed by atoms with Gasteiger partial charge in [0.1, 0.15) is 0 Å². The highest BCUT2D eigenvalue weighted by Gasteiger charge is 2.07. The largest absolute Gasteiger partial charge is 0.478 e. The molecule has 2 N–H and O–H groups in total. The predicted octanol–water partition coefficient (Wildman–Crippen LogP) is 1.22. The van der Waals surface area contributed by atoms with Crippen LogP contribution in [0.3, 0.4) is 0 Å². The van der Waals surface area contributed by atoms with Gasteiger partial charge in [-0.25, -0.2) is 4.79 Å². The van der Waals surface area contributed by atoms with Crippen molar-refractivity contribution in [1.82, 2.24) is 5.32 Å². The summed E-state index contributed by atoms with van der Waals surface area (Å²) >= 11 is 0. The van der Waals surface area contributed by atoms with E-state index >= 15 is 0 Å². The molecule has 0 aromatic rings. The first-order valence-electron chi connectivity index (χ1n) is 3.55. The molecule has 0 aromatic heterocycles. The molecular formula is C8H15NO2. The van der Waals surface area contributed by atoms with Crippen molar-refractivity contribution in [3.05, 3.63) is 12.3 Å². The van der Waals surface area contributed by atoms with Gasteiger partial charge in [-0.15, -0.1) is 0 Å². The Labute approximate surface area is 67.1 Å². The Hall–Kier alpha value is -0.990. The first-order valence-corrected chi connectivity index (χ1v) is 3.55. The van der Waals surface area contributed by atoms with E-state index in [2.05, 4.69) is 26.1 Å². The molecule has 0 aliphatic rings. The summed E-state index contributed by atoms with van der Waals surface area (Å²) in [6, 6.07) is 0. The van der Waals surface area contributed by atoms with Crippen LogP contribution in [-0.4, -0.2) is 17.6 Å². The number of hydrogen-bond donors (Lipinski definition) is 2. The lowest BCUT2D eigenvalue weighted by Crippen LogP contribution is -2.22. The third-order valence-corrected chi connectivity index (χ3v) is 0.976. The van der Waals surface area contributed by atoms with Gasteiger partial charge in [-0.1, -0.05) is 20.8 Å². The monoisotopic (exact) mass is 157 g/mol. The number of carboxylic acids is 1. The summed E-state index contributed by atoms with van der Waals surface area (Å²) in [5, 5.41) is 11.1. The SMILES string of the molecule is CC(C)(C)CN/C=C/C(=O)O. The molecule has 11 heavy (non-hydrogen) atoms. The Morgan fingerprint density at radius 1 is 1.55 bits per heavy atom. The highest BCUT2D eigenvalue weighted by molar-refractivity contribution is 5.79. The summed E-state index contributed by atoms with van der Waals surface area (Å²) in [7, 11) is 0. The minimum Gasteiger partial charge on any atom is -0.478 e. The Morgan fingerprint density at radius 2 is 2.09 bits per heavy atom. The van der Waals surface area contributed by atoms with Crippen LogP contribution in [0.1, 0.15) is 20.8 Å². The minimum absolute atomic E-state index is 0.183. The molecule has 0 bridgehead atoms. The summed E-state index contributed by atoms with van der Waals surface area (Å²) in [5.41, 5.74) is 0.183. The second-order valence-corrected chi connectivity index (χ2v) is 3.61. The maximum atomic E-state index is 10.00. The molecule has 0 heterocycles. The van der Waals surface area contributed by atoms with Gasteiger partial charge in [0.05, 0.1) is 0 Å². The molecule has 0 fully saturated rings. The molecule has 0 atom stereocenters. The molecule has 64 valence electrons. The van der Waals surface area contributed by atoms with E-state index in [1.165, 1.54) is 6.20 Å². The summed E-state index contributed by atoms with van der Waals surface area (Å²) in [5.74, 6) is -0.925. The second kappa shape index (κ2) is 4.01. The molecule has 0 spiro atoms. The summed E-state index contributed by atoms with van der Waals surface area (Å²) in [6.07, 6.45) is 2.54. The smallest absolute Gasteiger partial charge is 0.329 e. The summed E-state index contributed by atoms with van der Waals surface area (Å²) in [4.78, 5) is 10.00. The molecule has 3 nitrogen and oxygen atoms in total. The van der Waals surface area contributed by atoms with E-state index in [-0.39, 0.29) is 5.41 Å². The topological polar surface area (TPSA) is 49.3 Å². The van der Waals surface area contributed by atoms with E-state index in [9.17, 15) is 4.79 Å². The van der Waals surface area contributed by atoms with Crippen molar-refractivity contribution in [1.29, 1.82) is 0 Å². The van der Waals surface area contributed by atoms with Crippen LogP contribution in [-0.2, 0) is 4.79 Å². The molecular weight excluding hydrogens is 142 g/mol. The van der Waals surface area contributed by atoms with Gasteiger partial charge >= 0.3 is 5.97 Å². The van der Waals surface area contributed by atoms with Crippen LogP contribution < -0.4 is 5.32 Å². The van der Waals surface area contributed by atoms with Crippen LogP contribution in [0.4, 0.5) is 0 Å². The number of aliphatic carboxylic acids is 1. The van der Waals surface area contributed by atoms with Gasteiger partial charge in [-0.3, -0.25) is 0 Å². The Kier molecular flexibility index (Phi) is 3.65. The maximum absolute atomic E-state index is 10.00. The van der Waals surface area contributed by atoms with E-state index in [0.717, 1.165) is 12.6 Å². The lowest BCUT2D eigenvalue weighted by molar-refractivity contribution is -0.131. The van der Waals surface area contributed by atoms with Crippen LogP contribution in [0.25, 0.3) is 0 Å². The van der Waals surface area contributed by atoms with E-state index < -0.39 is 5.97 Å². The van der Waals surface area contributed by atoms with Crippen molar-refractivity contribution in [3.8, 4) is 0 Å². The van der Waals surface area contributed by atoms with Gasteiger partial charge in [0.2, 0.25) is 0 Å². The zero-order valence-electron chi connectivity index (χ0n) is 7.22. The molecule has 0 aromatic carbocycles. The quantitative estimate of drug-likeness (QED) is 0.605. The third-order valence-electron chi connectivity index (χ3n) is 0.976. The van der Waals surface area contributed by atoms with Crippen LogP contribution in [0, 0.1) is 5.41 Å². The van der Waals surface area contributed by atoms with E-state index in [1.807, 2.05) is 0 Å². The third kappa shape index (κ3) is 9.01. The average Bonchev–Trinajstić information content (AvgIpc) is 1.78. The highest BCUT2D eigenvalue weighted by atomic mass is 16.4. The maximum Gasteiger partial charge on any atom is 0.329 e. The van der Waals surface area contributed by atoms with Crippen molar-refractivity contribution in [2.45, 2.75) is 20.8 Å². The Balaban J connectivity index is 3.50. The highest BCUT2D eigenvalue weighted by Crippen LogP contribution is 2.09. The number of nitrogens with one attached hydrogen (secondary N) is 1. The van der Waals surface area contributed by atoms with E-state index in [0.29, 0.717) is 0 Å². The van der Waals surface area contributed by atoms with Crippen molar-refractivity contribution in [3.63, 3.8) is 0 Å². The minimum atomic E-state index is -0.925. The van der Waals surface area contributed by atoms with Gasteiger partial charge in [-0.2, -0.15) is 0 Å². The number of rotatable bonds is 3. The summed E-state index contributed by atoms with van der Waals surface area (Å²) in [6.45, 7) is 7.01. The Morgan fingerprint density at radius 3 is 2.45 bits per heavy atom. The predicted molar refractivity (Wildman–Crippen MR) is 44.2 cm³/mol.